The van der Waals surface area contributed by atoms with E-state index in [0.29, 0.717) is 12.6 Å². The largest absolute Gasteiger partial charge is 0.497 e. The molecule has 0 bridgehead atoms. The monoisotopic (exact) mass is 539 g/mol. The standard InChI is InChI=1S/C23H33N5O2.HI/c1-17-8-9-22(25-15-17)28-12-10-19(11-13-28)27-23(24-3)26-16-18(2)30-21-7-5-6-20(14-21)29-4;/h5-9,14-15,18-19H,10-13,16H2,1-4H3,(H2,24,26,27);1H. The number of rotatable bonds is 7. The van der Waals surface area contributed by atoms with E-state index in [1.807, 2.05) is 37.4 Å². The number of guanidine groups is 1. The van der Waals surface area contributed by atoms with Gasteiger partial charge in [0.2, 0.25) is 0 Å². The van der Waals surface area contributed by atoms with E-state index in [0.717, 1.165) is 49.2 Å². The minimum absolute atomic E-state index is 0. The number of aliphatic imine (C=N–C) groups is 1. The molecule has 1 saturated heterocycles. The van der Waals surface area contributed by atoms with E-state index >= 15 is 0 Å². The summed E-state index contributed by atoms with van der Waals surface area (Å²) < 4.78 is 11.2. The SMILES string of the molecule is CN=C(NCC(C)Oc1cccc(OC)c1)NC1CCN(c2ccc(C)cn2)CC1.I. The van der Waals surface area contributed by atoms with E-state index in [2.05, 4.69) is 44.6 Å². The van der Waals surface area contributed by atoms with Gasteiger partial charge >= 0.3 is 0 Å². The molecule has 1 aliphatic rings. The zero-order chi connectivity index (χ0) is 21.3. The van der Waals surface area contributed by atoms with Crippen molar-refractivity contribution in [2.45, 2.75) is 38.8 Å². The van der Waals surface area contributed by atoms with Crippen LogP contribution in [-0.4, -0.2) is 56.9 Å². The van der Waals surface area contributed by atoms with Gasteiger partial charge in [-0.05, 0) is 50.5 Å². The molecule has 2 aromatic rings. The van der Waals surface area contributed by atoms with Crippen LogP contribution in [-0.2, 0) is 0 Å². The van der Waals surface area contributed by atoms with E-state index in [1.54, 1.807) is 14.2 Å². The van der Waals surface area contributed by atoms with Crippen LogP contribution < -0.4 is 25.0 Å². The number of nitrogens with zero attached hydrogens (tertiary/aromatic N) is 3. The molecule has 0 aliphatic carbocycles. The highest BCUT2D eigenvalue weighted by molar-refractivity contribution is 14.0. The Balaban J connectivity index is 0.00000341. The average molecular weight is 539 g/mol. The second-order valence-corrected chi connectivity index (χ2v) is 7.66. The van der Waals surface area contributed by atoms with Crippen molar-refractivity contribution in [1.29, 1.82) is 0 Å². The number of methoxy groups -OCH3 is 1. The van der Waals surface area contributed by atoms with Crippen LogP contribution in [0.2, 0.25) is 0 Å². The summed E-state index contributed by atoms with van der Waals surface area (Å²) in [6, 6.07) is 12.3. The first-order valence-corrected chi connectivity index (χ1v) is 10.5. The first kappa shape index (κ1) is 25.0. The molecule has 1 aromatic heterocycles. The fourth-order valence-corrected chi connectivity index (χ4v) is 3.48. The highest BCUT2D eigenvalue weighted by atomic mass is 127. The summed E-state index contributed by atoms with van der Waals surface area (Å²) in [7, 11) is 3.45. The Hall–Kier alpha value is -2.23. The normalized spacial score (nSPS) is 15.6. The number of nitrogens with one attached hydrogen (secondary N) is 2. The first-order valence-electron chi connectivity index (χ1n) is 10.5. The second-order valence-electron chi connectivity index (χ2n) is 7.66. The summed E-state index contributed by atoms with van der Waals surface area (Å²) in [5.74, 6) is 3.45. The Morgan fingerprint density at radius 2 is 1.97 bits per heavy atom. The van der Waals surface area contributed by atoms with Crippen molar-refractivity contribution < 1.29 is 9.47 Å². The highest BCUT2D eigenvalue weighted by Crippen LogP contribution is 2.20. The van der Waals surface area contributed by atoms with Gasteiger partial charge < -0.3 is 25.0 Å². The third-order valence-corrected chi connectivity index (χ3v) is 5.21. The zero-order valence-electron chi connectivity index (χ0n) is 18.8. The zero-order valence-corrected chi connectivity index (χ0v) is 21.1. The molecular weight excluding hydrogens is 505 g/mol. The van der Waals surface area contributed by atoms with Gasteiger partial charge in [0.15, 0.2) is 5.96 Å². The molecule has 31 heavy (non-hydrogen) atoms. The smallest absolute Gasteiger partial charge is 0.191 e. The molecular formula is C23H34IN5O2. The summed E-state index contributed by atoms with van der Waals surface area (Å²) >= 11 is 0. The van der Waals surface area contributed by atoms with Crippen molar-refractivity contribution in [3.05, 3.63) is 48.2 Å². The number of ether oxygens (including phenoxy) is 2. The molecule has 7 nitrogen and oxygen atoms in total. The summed E-state index contributed by atoms with van der Waals surface area (Å²) in [5, 5.41) is 6.91. The van der Waals surface area contributed by atoms with Crippen LogP contribution in [0.5, 0.6) is 11.5 Å². The van der Waals surface area contributed by atoms with Gasteiger partial charge in [-0.15, -0.1) is 24.0 Å². The fourth-order valence-electron chi connectivity index (χ4n) is 3.48. The van der Waals surface area contributed by atoms with Crippen molar-refractivity contribution in [3.63, 3.8) is 0 Å². The van der Waals surface area contributed by atoms with E-state index in [9.17, 15) is 0 Å². The van der Waals surface area contributed by atoms with E-state index in [-0.39, 0.29) is 30.1 Å². The molecule has 1 atom stereocenters. The molecule has 0 spiro atoms. The van der Waals surface area contributed by atoms with E-state index in [1.165, 1.54) is 5.56 Å². The third kappa shape index (κ3) is 7.75. The van der Waals surface area contributed by atoms with Gasteiger partial charge in [0.1, 0.15) is 23.4 Å². The molecule has 2 heterocycles. The number of pyridine rings is 1. The molecule has 0 radical (unpaired) electrons. The van der Waals surface area contributed by atoms with Gasteiger partial charge in [-0.1, -0.05) is 12.1 Å². The van der Waals surface area contributed by atoms with Crippen LogP contribution in [0.1, 0.15) is 25.3 Å². The lowest BCUT2D eigenvalue weighted by molar-refractivity contribution is 0.222. The Morgan fingerprint density at radius 3 is 2.61 bits per heavy atom. The van der Waals surface area contributed by atoms with Crippen LogP contribution in [0.4, 0.5) is 5.82 Å². The Bertz CT molecular complexity index is 823. The molecule has 0 amide bonds. The topological polar surface area (TPSA) is 71.0 Å². The average Bonchev–Trinajstić information content (AvgIpc) is 2.77. The van der Waals surface area contributed by atoms with E-state index in [4.69, 9.17) is 9.47 Å². The molecule has 8 heteroatoms. The molecule has 1 aromatic carbocycles. The first-order chi connectivity index (χ1) is 14.6. The van der Waals surface area contributed by atoms with Crippen LogP contribution in [0.15, 0.2) is 47.6 Å². The second kappa shape index (κ2) is 12.6. The lowest BCUT2D eigenvalue weighted by Gasteiger charge is -2.34. The number of aryl methyl sites for hydroxylation is 1. The third-order valence-electron chi connectivity index (χ3n) is 5.21. The number of anilines is 1. The fraction of sp³-hybridized carbons (Fsp3) is 0.478. The van der Waals surface area contributed by atoms with Gasteiger partial charge in [0.25, 0.3) is 0 Å². The molecule has 2 N–H and O–H groups in total. The molecule has 1 fully saturated rings. The predicted octanol–water partition coefficient (Wildman–Crippen LogP) is 3.62. The van der Waals surface area contributed by atoms with Crippen molar-refractivity contribution in [2.24, 2.45) is 4.99 Å². The van der Waals surface area contributed by atoms with Crippen molar-refractivity contribution >= 4 is 35.8 Å². The number of aromatic nitrogens is 1. The Kier molecular flexibility index (Phi) is 10.2. The van der Waals surface area contributed by atoms with Crippen molar-refractivity contribution in [2.75, 3.05) is 38.7 Å². The molecule has 1 aliphatic heterocycles. The molecule has 1 unspecified atom stereocenters. The summed E-state index contributed by atoms with van der Waals surface area (Å²) in [6.45, 7) is 6.73. The summed E-state index contributed by atoms with van der Waals surface area (Å²) in [4.78, 5) is 11.3. The maximum Gasteiger partial charge on any atom is 0.191 e. The van der Waals surface area contributed by atoms with Gasteiger partial charge in [-0.3, -0.25) is 4.99 Å². The van der Waals surface area contributed by atoms with E-state index < -0.39 is 0 Å². The Labute approximate surface area is 202 Å². The van der Waals surface area contributed by atoms with Gasteiger partial charge in [-0.2, -0.15) is 0 Å². The minimum atomic E-state index is -0.00915. The lowest BCUT2D eigenvalue weighted by atomic mass is 10.1. The highest BCUT2D eigenvalue weighted by Gasteiger charge is 2.21. The number of benzene rings is 1. The van der Waals surface area contributed by atoms with Crippen LogP contribution in [0.25, 0.3) is 0 Å². The summed E-state index contributed by atoms with van der Waals surface area (Å²) in [5.41, 5.74) is 1.19. The van der Waals surface area contributed by atoms with Gasteiger partial charge in [-0.25, -0.2) is 4.98 Å². The molecule has 0 saturated carbocycles. The number of hydrogen-bond donors (Lipinski definition) is 2. The quantitative estimate of drug-likeness (QED) is 0.318. The number of piperidine rings is 1. The maximum absolute atomic E-state index is 5.97. The maximum atomic E-state index is 5.97. The van der Waals surface area contributed by atoms with Crippen molar-refractivity contribution in [3.8, 4) is 11.5 Å². The number of hydrogen-bond acceptors (Lipinski definition) is 5. The molecule has 170 valence electrons. The van der Waals surface area contributed by atoms with Crippen LogP contribution in [0, 0.1) is 6.92 Å². The number of halogens is 1. The minimum Gasteiger partial charge on any atom is -0.497 e. The van der Waals surface area contributed by atoms with Gasteiger partial charge in [0, 0.05) is 38.4 Å². The summed E-state index contributed by atoms with van der Waals surface area (Å²) in [6.07, 6.45) is 4.02. The Morgan fingerprint density at radius 1 is 1.23 bits per heavy atom. The lowest BCUT2D eigenvalue weighted by Crippen LogP contribution is -2.50. The van der Waals surface area contributed by atoms with Crippen molar-refractivity contribution in [1.82, 2.24) is 15.6 Å². The van der Waals surface area contributed by atoms with Crippen LogP contribution in [0.3, 0.4) is 0 Å². The van der Waals surface area contributed by atoms with Gasteiger partial charge in [0.05, 0.1) is 13.7 Å². The van der Waals surface area contributed by atoms with Crippen LogP contribution >= 0.6 is 24.0 Å². The predicted molar refractivity (Wildman–Crippen MR) is 137 cm³/mol. The molecule has 3 rings (SSSR count).